The molecule has 2 heterocycles. The van der Waals surface area contributed by atoms with Crippen molar-refractivity contribution in [3.05, 3.63) is 46.1 Å². The van der Waals surface area contributed by atoms with Gasteiger partial charge in [0, 0.05) is 36.1 Å². The largest absolute Gasteiger partial charge is 0.444 e. The number of nitrogens with two attached hydrogens (primary N) is 1. The molecule has 31 heavy (non-hydrogen) atoms. The minimum atomic E-state index is -0.561. The van der Waals surface area contributed by atoms with Crippen molar-refractivity contribution in [1.29, 1.82) is 0 Å². The van der Waals surface area contributed by atoms with Gasteiger partial charge in [-0.1, -0.05) is 29.8 Å². The number of nitrogens with one attached hydrogen (secondary N) is 3. The number of aromatic nitrogens is 2. The number of hydrogen-bond acceptors (Lipinski definition) is 6. The number of carbonyl (C=O) groups excluding carboxylic acids is 2. The number of nitrogen functional groups attached to an aromatic ring is 1. The fourth-order valence-corrected chi connectivity index (χ4v) is 3.85. The van der Waals surface area contributed by atoms with Gasteiger partial charge in [0.15, 0.2) is 5.69 Å². The quantitative estimate of drug-likeness (QED) is 0.316. The predicted molar refractivity (Wildman–Crippen MR) is 119 cm³/mol. The van der Waals surface area contributed by atoms with Crippen molar-refractivity contribution in [3.63, 3.8) is 0 Å². The van der Waals surface area contributed by atoms with Crippen molar-refractivity contribution in [3.8, 4) is 0 Å². The van der Waals surface area contributed by atoms with E-state index in [4.69, 9.17) is 22.2 Å². The van der Waals surface area contributed by atoms with Gasteiger partial charge in [-0.15, -0.1) is 0 Å². The number of hydrogen-bond donors (Lipinski definition) is 4. The number of nitrogens with zero attached hydrogens (tertiary/aromatic N) is 2. The lowest BCUT2D eigenvalue weighted by Crippen LogP contribution is -2.49. The number of H-pyrrole nitrogens is 1. The molecule has 1 aromatic heterocycles. The summed E-state index contributed by atoms with van der Waals surface area (Å²) in [5.41, 5.74) is 3.39. The third-order valence-electron chi connectivity index (χ3n) is 4.98. The van der Waals surface area contributed by atoms with Crippen LogP contribution in [0.5, 0.6) is 0 Å². The molecule has 0 unspecified atom stereocenters. The van der Waals surface area contributed by atoms with Gasteiger partial charge in [-0.2, -0.15) is 5.10 Å². The summed E-state index contributed by atoms with van der Waals surface area (Å²) >= 11 is 6.35. The van der Waals surface area contributed by atoms with Crippen LogP contribution in [-0.4, -0.2) is 46.9 Å². The molecule has 168 valence electrons. The molecule has 0 radical (unpaired) electrons. The molecule has 9 nitrogen and oxygen atoms in total. The zero-order valence-electron chi connectivity index (χ0n) is 18.0. The van der Waals surface area contributed by atoms with Gasteiger partial charge in [-0.25, -0.2) is 10.6 Å². The van der Waals surface area contributed by atoms with Crippen LogP contribution in [0.15, 0.2) is 24.3 Å². The lowest BCUT2D eigenvalue weighted by molar-refractivity contribution is 0.0499. The minimum absolute atomic E-state index is 0.0909. The Morgan fingerprint density at radius 3 is 2.77 bits per heavy atom. The van der Waals surface area contributed by atoms with E-state index in [9.17, 15) is 9.59 Å². The SMILES string of the molecule is CC(C)(C)OC(=O)N[C@@H]1CCCN(c2[nH]nc(C(=O)NN)c2Cc2ccccc2Cl)C1. The summed E-state index contributed by atoms with van der Waals surface area (Å²) in [7, 11) is 0. The van der Waals surface area contributed by atoms with Crippen molar-refractivity contribution in [2.75, 3.05) is 18.0 Å². The standard InChI is InChI=1S/C21H29ClN6O3/c1-21(2,3)31-20(30)24-14-8-6-10-28(12-14)18-15(17(26-27-18)19(29)25-23)11-13-7-4-5-9-16(13)22/h4-5,7,9,14H,6,8,10-12,23H2,1-3H3,(H,24,30)(H,25,29)(H,26,27)/t14-/m1/s1. The Bertz CT molecular complexity index is 939. The molecule has 2 aromatic rings. The number of alkyl carbamates (subject to hydrolysis) is 1. The van der Waals surface area contributed by atoms with E-state index in [1.54, 1.807) is 6.07 Å². The number of anilines is 1. The van der Waals surface area contributed by atoms with Gasteiger partial charge in [-0.3, -0.25) is 15.3 Å². The van der Waals surface area contributed by atoms with Crippen LogP contribution < -0.4 is 21.5 Å². The van der Waals surface area contributed by atoms with Gasteiger partial charge in [-0.05, 0) is 45.2 Å². The average Bonchev–Trinajstić information content (AvgIpc) is 3.11. The maximum absolute atomic E-state index is 12.3. The fraction of sp³-hybridized carbons (Fsp3) is 0.476. The van der Waals surface area contributed by atoms with Gasteiger partial charge < -0.3 is 15.0 Å². The lowest BCUT2D eigenvalue weighted by atomic mass is 10.0. The first-order valence-corrected chi connectivity index (χ1v) is 10.6. The van der Waals surface area contributed by atoms with Gasteiger partial charge in [0.05, 0.1) is 0 Å². The number of piperidine rings is 1. The lowest BCUT2D eigenvalue weighted by Gasteiger charge is -2.34. The summed E-state index contributed by atoms with van der Waals surface area (Å²) < 4.78 is 5.38. The van der Waals surface area contributed by atoms with Crippen molar-refractivity contribution < 1.29 is 14.3 Å². The van der Waals surface area contributed by atoms with Crippen LogP contribution in [0, 0.1) is 0 Å². The average molecular weight is 449 g/mol. The Morgan fingerprint density at radius 2 is 2.10 bits per heavy atom. The number of benzene rings is 1. The molecule has 1 fully saturated rings. The van der Waals surface area contributed by atoms with Crippen LogP contribution >= 0.6 is 11.6 Å². The van der Waals surface area contributed by atoms with Crippen LogP contribution in [-0.2, 0) is 11.2 Å². The molecule has 10 heteroatoms. The Hall–Kier alpha value is -2.78. The molecule has 0 bridgehead atoms. The maximum atomic E-state index is 12.3. The second-order valence-corrected chi connectivity index (χ2v) is 8.98. The summed E-state index contributed by atoms with van der Waals surface area (Å²) in [6.45, 7) is 6.80. The number of rotatable bonds is 5. The Kier molecular flexibility index (Phi) is 7.07. The van der Waals surface area contributed by atoms with Crippen LogP contribution in [0.3, 0.4) is 0 Å². The van der Waals surface area contributed by atoms with E-state index < -0.39 is 17.6 Å². The van der Waals surface area contributed by atoms with Crippen molar-refractivity contribution in [2.45, 2.75) is 51.7 Å². The van der Waals surface area contributed by atoms with Gasteiger partial charge in [0.1, 0.15) is 11.4 Å². The van der Waals surface area contributed by atoms with Gasteiger partial charge in [0.25, 0.3) is 5.91 Å². The molecule has 1 saturated heterocycles. The third kappa shape index (κ3) is 5.89. The Labute approximate surface area is 186 Å². The monoisotopic (exact) mass is 448 g/mol. The Morgan fingerprint density at radius 1 is 1.35 bits per heavy atom. The number of aromatic amines is 1. The first-order chi connectivity index (χ1) is 14.7. The van der Waals surface area contributed by atoms with Gasteiger partial charge >= 0.3 is 6.09 Å². The fourth-order valence-electron chi connectivity index (χ4n) is 3.65. The molecule has 2 amide bonds. The molecule has 1 aliphatic heterocycles. The van der Waals surface area contributed by atoms with Crippen molar-refractivity contribution in [2.24, 2.45) is 5.84 Å². The smallest absolute Gasteiger partial charge is 0.407 e. The summed E-state index contributed by atoms with van der Waals surface area (Å²) in [6.07, 6.45) is 1.67. The molecule has 0 spiro atoms. The first-order valence-electron chi connectivity index (χ1n) is 10.2. The van der Waals surface area contributed by atoms with E-state index in [0.717, 1.165) is 24.9 Å². The first kappa shape index (κ1) is 22.9. The van der Waals surface area contributed by atoms with Crippen LogP contribution in [0.2, 0.25) is 5.02 Å². The molecular weight excluding hydrogens is 420 g/mol. The van der Waals surface area contributed by atoms with Crippen LogP contribution in [0.25, 0.3) is 0 Å². The van der Waals surface area contributed by atoms with Gasteiger partial charge in [0.2, 0.25) is 0 Å². The topological polar surface area (TPSA) is 125 Å². The number of hydrazine groups is 1. The molecular formula is C21H29ClN6O3. The number of ether oxygens (including phenoxy) is 1. The van der Waals surface area contributed by atoms with Crippen LogP contribution in [0.1, 0.15) is 55.2 Å². The minimum Gasteiger partial charge on any atom is -0.444 e. The second-order valence-electron chi connectivity index (χ2n) is 8.57. The highest BCUT2D eigenvalue weighted by Crippen LogP contribution is 2.29. The van der Waals surface area contributed by atoms with Crippen molar-refractivity contribution >= 4 is 29.4 Å². The predicted octanol–water partition coefficient (Wildman–Crippen LogP) is 2.75. The van der Waals surface area contributed by atoms with Crippen molar-refractivity contribution in [1.82, 2.24) is 20.9 Å². The highest BCUT2D eigenvalue weighted by molar-refractivity contribution is 6.31. The Balaban J connectivity index is 1.82. The van der Waals surface area contributed by atoms with E-state index >= 15 is 0 Å². The maximum Gasteiger partial charge on any atom is 0.407 e. The number of amides is 2. The zero-order chi connectivity index (χ0) is 22.6. The second kappa shape index (κ2) is 9.57. The highest BCUT2D eigenvalue weighted by Gasteiger charge is 2.29. The molecule has 0 saturated carbocycles. The molecule has 5 N–H and O–H groups in total. The number of halogens is 1. The van der Waals surface area contributed by atoms with E-state index in [-0.39, 0.29) is 11.7 Å². The third-order valence-corrected chi connectivity index (χ3v) is 5.34. The molecule has 1 aromatic carbocycles. The molecule has 3 rings (SSSR count). The highest BCUT2D eigenvalue weighted by atomic mass is 35.5. The summed E-state index contributed by atoms with van der Waals surface area (Å²) in [5.74, 6) is 5.59. The molecule has 0 aliphatic carbocycles. The van der Waals surface area contributed by atoms with E-state index in [1.165, 1.54) is 0 Å². The molecule has 1 atom stereocenters. The summed E-state index contributed by atoms with van der Waals surface area (Å²) in [6, 6.07) is 7.37. The van der Waals surface area contributed by atoms with E-state index in [2.05, 4.69) is 25.8 Å². The van der Waals surface area contributed by atoms with E-state index in [0.29, 0.717) is 29.4 Å². The number of carbonyl (C=O) groups is 2. The molecule has 1 aliphatic rings. The summed E-state index contributed by atoms with van der Waals surface area (Å²) in [4.78, 5) is 26.6. The van der Waals surface area contributed by atoms with Crippen LogP contribution in [0.4, 0.5) is 10.6 Å². The zero-order valence-corrected chi connectivity index (χ0v) is 18.8. The van der Waals surface area contributed by atoms with E-state index in [1.807, 2.05) is 39.0 Å². The normalized spacial score (nSPS) is 16.7. The summed E-state index contributed by atoms with van der Waals surface area (Å²) in [5, 5.41) is 10.7.